The lowest BCUT2D eigenvalue weighted by atomic mass is 10.2. The largest absolute Gasteiger partial charge is 0.326 e. The van der Waals surface area contributed by atoms with Gasteiger partial charge in [0, 0.05) is 28.1 Å². The molecule has 0 radical (unpaired) electrons. The fourth-order valence-corrected chi connectivity index (χ4v) is 5.15. The fraction of sp³-hybridized carbons (Fsp3) is 0.130. The average Bonchev–Trinajstić information content (AvgIpc) is 3.19. The lowest BCUT2D eigenvalue weighted by Crippen LogP contribution is -2.15. The number of thiazole rings is 1. The molecule has 11 heteroatoms. The molecular weight excluding hydrogens is 472 g/mol. The van der Waals surface area contributed by atoms with Gasteiger partial charge in [-0.1, -0.05) is 24.3 Å². The van der Waals surface area contributed by atoms with Crippen molar-refractivity contribution in [3.8, 4) is 0 Å². The van der Waals surface area contributed by atoms with Gasteiger partial charge in [0.15, 0.2) is 5.13 Å². The molecule has 0 fully saturated rings. The van der Waals surface area contributed by atoms with Crippen LogP contribution in [0, 0.1) is 13.8 Å². The van der Waals surface area contributed by atoms with Gasteiger partial charge in [-0.3, -0.25) is 9.52 Å². The van der Waals surface area contributed by atoms with E-state index >= 15 is 0 Å². The van der Waals surface area contributed by atoms with Gasteiger partial charge >= 0.3 is 0 Å². The molecule has 2 aromatic heterocycles. The molecule has 9 nitrogen and oxygen atoms in total. The van der Waals surface area contributed by atoms with Gasteiger partial charge in [-0.25, -0.2) is 23.4 Å². The maximum Gasteiger partial charge on any atom is 0.263 e. The Balaban J connectivity index is 1.37. The first kappa shape index (κ1) is 23.3. The zero-order chi connectivity index (χ0) is 24.1. The Kier molecular flexibility index (Phi) is 6.85. The van der Waals surface area contributed by atoms with E-state index in [0.29, 0.717) is 17.3 Å². The molecule has 0 aliphatic carbocycles. The normalized spacial score (nSPS) is 11.1. The van der Waals surface area contributed by atoms with Crippen LogP contribution in [-0.4, -0.2) is 29.3 Å². The first-order valence-electron chi connectivity index (χ1n) is 10.3. The number of amides is 1. The minimum absolute atomic E-state index is 0.00140. The smallest absolute Gasteiger partial charge is 0.263 e. The second-order valence-electron chi connectivity index (χ2n) is 7.47. The Labute approximate surface area is 201 Å². The van der Waals surface area contributed by atoms with E-state index in [1.165, 1.54) is 12.1 Å². The Morgan fingerprint density at radius 2 is 1.62 bits per heavy atom. The minimum atomic E-state index is -3.73. The average molecular weight is 495 g/mol. The van der Waals surface area contributed by atoms with E-state index in [9.17, 15) is 13.2 Å². The predicted octanol–water partition coefficient (Wildman–Crippen LogP) is 4.28. The topological polar surface area (TPSA) is 126 Å². The number of benzene rings is 2. The van der Waals surface area contributed by atoms with E-state index in [1.807, 2.05) is 26.0 Å². The van der Waals surface area contributed by atoms with E-state index in [1.54, 1.807) is 41.8 Å². The summed E-state index contributed by atoms with van der Waals surface area (Å²) < 4.78 is 27.3. The van der Waals surface area contributed by atoms with Crippen LogP contribution in [0.25, 0.3) is 0 Å². The molecule has 34 heavy (non-hydrogen) atoms. The highest BCUT2D eigenvalue weighted by atomic mass is 32.2. The predicted molar refractivity (Wildman–Crippen MR) is 133 cm³/mol. The number of hydrogen-bond acceptors (Lipinski definition) is 8. The summed E-state index contributed by atoms with van der Waals surface area (Å²) in [5.74, 6) is 0.205. The number of carbonyl (C=O) groups excluding carboxylic acids is 1. The molecule has 0 bridgehead atoms. The molecule has 3 N–H and O–H groups in total. The highest BCUT2D eigenvalue weighted by Gasteiger charge is 2.16. The Morgan fingerprint density at radius 3 is 2.35 bits per heavy atom. The third-order valence-electron chi connectivity index (χ3n) is 4.55. The molecule has 0 aliphatic rings. The first-order chi connectivity index (χ1) is 16.3. The van der Waals surface area contributed by atoms with E-state index in [2.05, 4.69) is 30.3 Å². The monoisotopic (exact) mass is 494 g/mol. The van der Waals surface area contributed by atoms with Crippen molar-refractivity contribution in [2.24, 2.45) is 0 Å². The molecule has 4 rings (SSSR count). The van der Waals surface area contributed by atoms with Crippen molar-refractivity contribution in [3.63, 3.8) is 0 Å². The van der Waals surface area contributed by atoms with E-state index < -0.39 is 10.0 Å². The molecule has 4 aromatic rings. The summed E-state index contributed by atoms with van der Waals surface area (Å²) in [5, 5.41) is 7.82. The Hall–Kier alpha value is -3.83. The summed E-state index contributed by atoms with van der Waals surface area (Å²) in [7, 11) is -3.73. The number of nitrogens with zero attached hydrogens (tertiary/aromatic N) is 3. The lowest BCUT2D eigenvalue weighted by molar-refractivity contribution is -0.115. The number of anilines is 4. The van der Waals surface area contributed by atoms with Crippen LogP contribution in [0.5, 0.6) is 0 Å². The van der Waals surface area contributed by atoms with Crippen molar-refractivity contribution in [3.05, 3.63) is 83.1 Å². The Bertz CT molecular complexity index is 1400. The molecule has 0 aliphatic heterocycles. The third-order valence-corrected chi connectivity index (χ3v) is 6.84. The molecule has 2 heterocycles. The van der Waals surface area contributed by atoms with Gasteiger partial charge in [0.2, 0.25) is 11.9 Å². The Morgan fingerprint density at radius 1 is 0.912 bits per heavy atom. The van der Waals surface area contributed by atoms with Crippen molar-refractivity contribution in [1.82, 2.24) is 15.0 Å². The number of aromatic nitrogens is 3. The quantitative estimate of drug-likeness (QED) is 0.334. The van der Waals surface area contributed by atoms with Gasteiger partial charge in [0.05, 0.1) is 17.0 Å². The van der Waals surface area contributed by atoms with Crippen molar-refractivity contribution >= 4 is 49.7 Å². The molecule has 0 saturated carbocycles. The fourth-order valence-electron chi connectivity index (χ4n) is 3.16. The highest BCUT2D eigenvalue weighted by Crippen LogP contribution is 2.22. The maximum absolute atomic E-state index is 12.5. The number of hydrogen-bond donors (Lipinski definition) is 3. The SMILES string of the molecule is Cc1cc(C)nc(Nc2cccc(NC(=O)Cc3csc(NS(=O)(=O)c4ccccc4)n3)c2)n1. The summed E-state index contributed by atoms with van der Waals surface area (Å²) in [6.45, 7) is 3.79. The molecule has 0 atom stereocenters. The van der Waals surface area contributed by atoms with Gasteiger partial charge in [-0.15, -0.1) is 11.3 Å². The van der Waals surface area contributed by atoms with Crippen LogP contribution in [0.4, 0.5) is 22.5 Å². The van der Waals surface area contributed by atoms with E-state index in [-0.39, 0.29) is 22.4 Å². The molecule has 1 amide bonds. The summed E-state index contributed by atoms with van der Waals surface area (Å²) in [5.41, 5.74) is 3.50. The summed E-state index contributed by atoms with van der Waals surface area (Å²) in [4.78, 5) is 25.6. The van der Waals surface area contributed by atoms with Crippen LogP contribution >= 0.6 is 11.3 Å². The first-order valence-corrected chi connectivity index (χ1v) is 12.6. The number of carbonyl (C=O) groups is 1. The molecule has 174 valence electrons. The number of rotatable bonds is 8. The molecular formula is C23H22N6O3S2. The van der Waals surface area contributed by atoms with Crippen LogP contribution in [0.3, 0.4) is 0 Å². The molecule has 0 saturated heterocycles. The van der Waals surface area contributed by atoms with Crippen LogP contribution in [-0.2, 0) is 21.2 Å². The van der Waals surface area contributed by atoms with Crippen LogP contribution in [0.2, 0.25) is 0 Å². The minimum Gasteiger partial charge on any atom is -0.326 e. The maximum atomic E-state index is 12.5. The molecule has 2 aromatic carbocycles. The van der Waals surface area contributed by atoms with Crippen molar-refractivity contribution in [2.45, 2.75) is 25.2 Å². The van der Waals surface area contributed by atoms with Gasteiger partial charge < -0.3 is 10.6 Å². The van der Waals surface area contributed by atoms with Crippen LogP contribution in [0.15, 0.2) is 70.9 Å². The second-order valence-corrected chi connectivity index (χ2v) is 10.0. The van der Waals surface area contributed by atoms with Crippen molar-refractivity contribution in [1.29, 1.82) is 0 Å². The number of nitrogens with one attached hydrogen (secondary N) is 3. The zero-order valence-electron chi connectivity index (χ0n) is 18.4. The van der Waals surface area contributed by atoms with Gasteiger partial charge in [0.25, 0.3) is 10.0 Å². The van der Waals surface area contributed by atoms with Gasteiger partial charge in [0.1, 0.15) is 0 Å². The standard InChI is InChI=1S/C23H22N6O3S2/c1-15-11-16(2)25-22(24-15)27-18-8-6-7-17(12-18)26-21(30)13-19-14-33-23(28-19)29-34(31,32)20-9-4-3-5-10-20/h3-12,14H,13H2,1-2H3,(H,26,30)(H,28,29)(H,24,25,27). The summed E-state index contributed by atoms with van der Waals surface area (Å²) in [6, 6.07) is 17.1. The summed E-state index contributed by atoms with van der Waals surface area (Å²) >= 11 is 1.12. The second kappa shape index (κ2) is 9.98. The number of aryl methyl sites for hydroxylation is 2. The zero-order valence-corrected chi connectivity index (χ0v) is 20.1. The van der Waals surface area contributed by atoms with Crippen LogP contribution < -0.4 is 15.4 Å². The highest BCUT2D eigenvalue weighted by molar-refractivity contribution is 7.93. The molecule has 0 unspecified atom stereocenters. The van der Waals surface area contributed by atoms with Crippen molar-refractivity contribution < 1.29 is 13.2 Å². The number of sulfonamides is 1. The van der Waals surface area contributed by atoms with Crippen LogP contribution in [0.1, 0.15) is 17.1 Å². The van der Waals surface area contributed by atoms with Crippen molar-refractivity contribution in [2.75, 3.05) is 15.4 Å². The third kappa shape index (κ3) is 6.15. The van der Waals surface area contributed by atoms with Gasteiger partial charge in [-0.05, 0) is 50.2 Å². The van der Waals surface area contributed by atoms with E-state index in [0.717, 1.165) is 28.4 Å². The lowest BCUT2D eigenvalue weighted by Gasteiger charge is -2.09. The van der Waals surface area contributed by atoms with Gasteiger partial charge in [-0.2, -0.15) is 0 Å². The van der Waals surface area contributed by atoms with E-state index in [4.69, 9.17) is 0 Å². The molecule has 0 spiro atoms. The summed E-state index contributed by atoms with van der Waals surface area (Å²) in [6.07, 6.45) is 0.00140.